The zero-order valence-corrected chi connectivity index (χ0v) is 10.3. The van der Waals surface area contributed by atoms with Gasteiger partial charge in [0.1, 0.15) is 0 Å². The lowest BCUT2D eigenvalue weighted by molar-refractivity contribution is 0.0913. The Morgan fingerprint density at radius 3 is 3.17 bits per heavy atom. The predicted molar refractivity (Wildman–Crippen MR) is 69.5 cm³/mol. The van der Waals surface area contributed by atoms with E-state index in [1.807, 2.05) is 18.2 Å². The summed E-state index contributed by atoms with van der Waals surface area (Å²) in [5.74, 6) is -0.0299. The predicted octanol–water partition coefficient (Wildman–Crippen LogP) is 1.04. The molecule has 1 aliphatic rings. The number of aromatic amines is 1. The molecule has 0 spiro atoms. The number of nitrogens with zero attached hydrogens (tertiary/aromatic N) is 1. The molecule has 94 valence electrons. The van der Waals surface area contributed by atoms with Crippen molar-refractivity contribution in [1.29, 1.82) is 0 Å². The fourth-order valence-corrected chi connectivity index (χ4v) is 2.35. The molecule has 1 aliphatic heterocycles. The minimum absolute atomic E-state index is 0.0299. The number of amides is 1. The summed E-state index contributed by atoms with van der Waals surface area (Å²) in [6.45, 7) is 3.85. The number of carbonyl (C=O) groups is 1. The standard InChI is InChI=1S/C13H16N4O/c1-13(4-5-14-8-13)16-12(18)9-2-3-10-7-15-17-11(10)6-9/h2-3,6-7,14H,4-5,8H2,1H3,(H,15,17)(H,16,18). The average molecular weight is 244 g/mol. The monoisotopic (exact) mass is 244 g/mol. The van der Waals surface area contributed by atoms with Crippen molar-refractivity contribution in [1.82, 2.24) is 20.8 Å². The normalized spacial score (nSPS) is 23.4. The van der Waals surface area contributed by atoms with E-state index in [0.29, 0.717) is 5.56 Å². The van der Waals surface area contributed by atoms with Gasteiger partial charge < -0.3 is 10.6 Å². The largest absolute Gasteiger partial charge is 0.346 e. The molecule has 1 aromatic heterocycles. The number of fused-ring (bicyclic) bond motifs is 1. The van der Waals surface area contributed by atoms with Crippen LogP contribution in [-0.2, 0) is 0 Å². The van der Waals surface area contributed by atoms with Gasteiger partial charge in [0.25, 0.3) is 5.91 Å². The lowest BCUT2D eigenvalue weighted by Crippen LogP contribution is -2.47. The molecular weight excluding hydrogens is 228 g/mol. The van der Waals surface area contributed by atoms with Crippen molar-refractivity contribution in [3.05, 3.63) is 30.0 Å². The van der Waals surface area contributed by atoms with Crippen LogP contribution >= 0.6 is 0 Å². The zero-order chi connectivity index (χ0) is 12.6. The Morgan fingerprint density at radius 2 is 2.39 bits per heavy atom. The molecule has 1 amide bonds. The second-order valence-electron chi connectivity index (χ2n) is 5.11. The van der Waals surface area contributed by atoms with E-state index in [2.05, 4.69) is 27.8 Å². The summed E-state index contributed by atoms with van der Waals surface area (Å²) in [7, 11) is 0. The summed E-state index contributed by atoms with van der Waals surface area (Å²) in [4.78, 5) is 12.2. The molecule has 1 saturated heterocycles. The Kier molecular flexibility index (Phi) is 2.56. The molecule has 5 heteroatoms. The molecule has 0 bridgehead atoms. The van der Waals surface area contributed by atoms with E-state index in [-0.39, 0.29) is 11.4 Å². The van der Waals surface area contributed by atoms with Crippen molar-refractivity contribution in [2.45, 2.75) is 18.9 Å². The summed E-state index contributed by atoms with van der Waals surface area (Å²) in [5, 5.41) is 14.2. The first-order valence-corrected chi connectivity index (χ1v) is 6.13. The molecule has 5 nitrogen and oxygen atoms in total. The van der Waals surface area contributed by atoms with Crippen LogP contribution in [0.1, 0.15) is 23.7 Å². The first-order valence-electron chi connectivity index (χ1n) is 6.13. The highest BCUT2D eigenvalue weighted by molar-refractivity contribution is 5.98. The second-order valence-corrected chi connectivity index (χ2v) is 5.11. The minimum Gasteiger partial charge on any atom is -0.346 e. The topological polar surface area (TPSA) is 69.8 Å². The maximum absolute atomic E-state index is 12.2. The van der Waals surface area contributed by atoms with Crippen LogP contribution in [0.2, 0.25) is 0 Å². The number of hydrogen-bond acceptors (Lipinski definition) is 3. The van der Waals surface area contributed by atoms with Gasteiger partial charge in [-0.3, -0.25) is 9.89 Å². The Bertz CT molecular complexity index is 583. The third-order valence-corrected chi connectivity index (χ3v) is 3.49. The maximum atomic E-state index is 12.2. The first kappa shape index (κ1) is 11.2. The number of carbonyl (C=O) groups excluding carboxylic acids is 1. The summed E-state index contributed by atoms with van der Waals surface area (Å²) in [6, 6.07) is 5.57. The third kappa shape index (κ3) is 1.97. The first-order chi connectivity index (χ1) is 8.66. The van der Waals surface area contributed by atoms with Gasteiger partial charge in [-0.25, -0.2) is 0 Å². The van der Waals surface area contributed by atoms with Gasteiger partial charge >= 0.3 is 0 Å². The molecule has 2 aromatic rings. The lowest BCUT2D eigenvalue weighted by Gasteiger charge is -2.24. The van der Waals surface area contributed by atoms with Gasteiger partial charge in [0, 0.05) is 17.5 Å². The van der Waals surface area contributed by atoms with Crippen molar-refractivity contribution in [2.75, 3.05) is 13.1 Å². The smallest absolute Gasteiger partial charge is 0.251 e. The number of rotatable bonds is 2. The van der Waals surface area contributed by atoms with Crippen LogP contribution in [0.3, 0.4) is 0 Å². The molecule has 3 N–H and O–H groups in total. The average Bonchev–Trinajstić information content (AvgIpc) is 2.96. The third-order valence-electron chi connectivity index (χ3n) is 3.49. The second kappa shape index (κ2) is 4.10. The molecular formula is C13H16N4O. The van der Waals surface area contributed by atoms with Crippen LogP contribution in [-0.4, -0.2) is 34.7 Å². The quantitative estimate of drug-likeness (QED) is 0.739. The van der Waals surface area contributed by atoms with Gasteiger partial charge in [-0.15, -0.1) is 0 Å². The van der Waals surface area contributed by atoms with E-state index in [0.717, 1.165) is 30.4 Å². The summed E-state index contributed by atoms with van der Waals surface area (Å²) in [6.07, 6.45) is 2.71. The van der Waals surface area contributed by atoms with Gasteiger partial charge in [-0.2, -0.15) is 5.10 Å². The van der Waals surface area contributed by atoms with Crippen LogP contribution in [0.4, 0.5) is 0 Å². The fraction of sp³-hybridized carbons (Fsp3) is 0.385. The van der Waals surface area contributed by atoms with E-state index >= 15 is 0 Å². The van der Waals surface area contributed by atoms with Crippen molar-refractivity contribution in [3.63, 3.8) is 0 Å². The Balaban J connectivity index is 1.82. The lowest BCUT2D eigenvalue weighted by atomic mass is 10.0. The molecule has 2 heterocycles. The van der Waals surface area contributed by atoms with Crippen LogP contribution in [0.25, 0.3) is 10.9 Å². The Labute approximate surface area is 105 Å². The number of benzene rings is 1. The van der Waals surface area contributed by atoms with E-state index in [9.17, 15) is 4.79 Å². The van der Waals surface area contributed by atoms with Crippen molar-refractivity contribution in [3.8, 4) is 0 Å². The van der Waals surface area contributed by atoms with E-state index in [4.69, 9.17) is 0 Å². The van der Waals surface area contributed by atoms with Gasteiger partial charge in [-0.1, -0.05) is 6.07 Å². The van der Waals surface area contributed by atoms with Gasteiger partial charge in [-0.05, 0) is 32.0 Å². The number of H-pyrrole nitrogens is 1. The highest BCUT2D eigenvalue weighted by Gasteiger charge is 2.30. The molecule has 0 radical (unpaired) electrons. The zero-order valence-electron chi connectivity index (χ0n) is 10.3. The van der Waals surface area contributed by atoms with E-state index < -0.39 is 0 Å². The highest BCUT2D eigenvalue weighted by Crippen LogP contribution is 2.16. The number of nitrogens with one attached hydrogen (secondary N) is 3. The number of aromatic nitrogens is 2. The fourth-order valence-electron chi connectivity index (χ4n) is 2.35. The van der Waals surface area contributed by atoms with Crippen molar-refractivity contribution >= 4 is 16.8 Å². The minimum atomic E-state index is -0.139. The summed E-state index contributed by atoms with van der Waals surface area (Å²) in [5.41, 5.74) is 1.41. The van der Waals surface area contributed by atoms with Crippen LogP contribution < -0.4 is 10.6 Å². The van der Waals surface area contributed by atoms with Crippen LogP contribution in [0.15, 0.2) is 24.4 Å². The van der Waals surface area contributed by atoms with E-state index in [1.165, 1.54) is 0 Å². The van der Waals surface area contributed by atoms with Gasteiger partial charge in [0.2, 0.25) is 0 Å². The molecule has 1 aromatic carbocycles. The SMILES string of the molecule is CC1(NC(=O)c2ccc3cn[nH]c3c2)CCNC1. The molecule has 0 saturated carbocycles. The Hall–Kier alpha value is -1.88. The molecule has 18 heavy (non-hydrogen) atoms. The van der Waals surface area contributed by atoms with Gasteiger partial charge in [0.15, 0.2) is 0 Å². The van der Waals surface area contributed by atoms with E-state index in [1.54, 1.807) is 6.20 Å². The van der Waals surface area contributed by atoms with Crippen LogP contribution in [0.5, 0.6) is 0 Å². The van der Waals surface area contributed by atoms with Crippen molar-refractivity contribution in [2.24, 2.45) is 0 Å². The summed E-state index contributed by atoms with van der Waals surface area (Å²) < 4.78 is 0. The maximum Gasteiger partial charge on any atom is 0.251 e. The van der Waals surface area contributed by atoms with Crippen molar-refractivity contribution < 1.29 is 4.79 Å². The van der Waals surface area contributed by atoms with Crippen LogP contribution in [0, 0.1) is 0 Å². The molecule has 3 rings (SSSR count). The molecule has 1 fully saturated rings. The molecule has 0 aliphatic carbocycles. The Morgan fingerprint density at radius 1 is 1.50 bits per heavy atom. The summed E-state index contributed by atoms with van der Waals surface area (Å²) >= 11 is 0. The number of hydrogen-bond donors (Lipinski definition) is 3. The molecule has 1 atom stereocenters. The molecule has 1 unspecified atom stereocenters. The highest BCUT2D eigenvalue weighted by atomic mass is 16.1. The van der Waals surface area contributed by atoms with Gasteiger partial charge in [0.05, 0.1) is 17.3 Å².